The maximum absolute atomic E-state index is 11.9. The molecule has 0 fully saturated rings. The molecule has 112 valence electrons. The van der Waals surface area contributed by atoms with Gasteiger partial charge >= 0.3 is 5.97 Å². The minimum Gasteiger partial charge on any atom is -0.481 e. The minimum absolute atomic E-state index is 0.170. The smallest absolute Gasteiger partial charge is 0.310 e. The van der Waals surface area contributed by atoms with Crippen molar-refractivity contribution in [3.63, 3.8) is 0 Å². The number of carboxylic acids is 1. The van der Waals surface area contributed by atoms with Crippen LogP contribution in [0.25, 0.3) is 0 Å². The van der Waals surface area contributed by atoms with Crippen LogP contribution in [0.2, 0.25) is 10.0 Å². The normalized spacial score (nSPS) is 20.5. The number of amides is 1. The first-order valence-electron chi connectivity index (χ1n) is 6.24. The van der Waals surface area contributed by atoms with E-state index in [0.29, 0.717) is 16.5 Å². The lowest BCUT2D eigenvalue weighted by Crippen LogP contribution is -2.34. The van der Waals surface area contributed by atoms with E-state index in [4.69, 9.17) is 28.3 Å². The van der Waals surface area contributed by atoms with Crippen molar-refractivity contribution in [3.05, 3.63) is 40.4 Å². The molecule has 1 amide bonds. The van der Waals surface area contributed by atoms with E-state index >= 15 is 0 Å². The van der Waals surface area contributed by atoms with Crippen LogP contribution in [-0.2, 0) is 9.59 Å². The summed E-state index contributed by atoms with van der Waals surface area (Å²) in [5.41, 5.74) is 0. The topological polar surface area (TPSA) is 66.4 Å². The molecule has 0 radical (unpaired) electrons. The van der Waals surface area contributed by atoms with Gasteiger partial charge in [0.25, 0.3) is 0 Å². The van der Waals surface area contributed by atoms with Crippen molar-refractivity contribution >= 4 is 46.8 Å². The van der Waals surface area contributed by atoms with Gasteiger partial charge in [0.15, 0.2) is 0 Å². The lowest BCUT2D eigenvalue weighted by molar-refractivity contribution is -0.140. The van der Waals surface area contributed by atoms with Crippen molar-refractivity contribution in [3.8, 4) is 0 Å². The first-order chi connectivity index (χ1) is 9.95. The van der Waals surface area contributed by atoms with Crippen molar-refractivity contribution in [2.45, 2.75) is 17.4 Å². The SMILES string of the molecule is O=C(CSc1cc(Cl)ccc1Cl)NC1C=CC(C(=O)O)C1. The lowest BCUT2D eigenvalue weighted by atomic mass is 10.1. The van der Waals surface area contributed by atoms with Gasteiger partial charge in [-0.05, 0) is 24.6 Å². The van der Waals surface area contributed by atoms with Gasteiger partial charge in [-0.2, -0.15) is 0 Å². The number of thioether (sulfide) groups is 1. The van der Waals surface area contributed by atoms with Gasteiger partial charge in [-0.25, -0.2) is 0 Å². The summed E-state index contributed by atoms with van der Waals surface area (Å²) in [5.74, 6) is -1.37. The molecule has 0 aliphatic heterocycles. The van der Waals surface area contributed by atoms with E-state index in [1.165, 1.54) is 11.8 Å². The number of hydrogen-bond acceptors (Lipinski definition) is 3. The predicted molar refractivity (Wildman–Crippen MR) is 84.0 cm³/mol. The minimum atomic E-state index is -0.872. The lowest BCUT2D eigenvalue weighted by Gasteiger charge is -2.12. The van der Waals surface area contributed by atoms with Gasteiger partial charge in [0, 0.05) is 16.0 Å². The standard InChI is InChI=1S/C14H13Cl2NO3S/c15-9-2-4-11(16)12(6-9)21-7-13(18)17-10-3-1-8(5-10)14(19)20/h1-4,6,8,10H,5,7H2,(H,17,18)(H,19,20). The van der Waals surface area contributed by atoms with Crippen molar-refractivity contribution in [2.24, 2.45) is 5.92 Å². The Morgan fingerprint density at radius 1 is 1.33 bits per heavy atom. The molecule has 1 aliphatic carbocycles. The molecule has 0 saturated carbocycles. The van der Waals surface area contributed by atoms with Crippen molar-refractivity contribution in [1.82, 2.24) is 5.32 Å². The molecule has 0 heterocycles. The largest absolute Gasteiger partial charge is 0.481 e. The summed E-state index contributed by atoms with van der Waals surface area (Å²) in [4.78, 5) is 23.4. The van der Waals surface area contributed by atoms with Gasteiger partial charge in [0.2, 0.25) is 5.91 Å². The third-order valence-electron chi connectivity index (χ3n) is 3.00. The molecule has 0 saturated heterocycles. The maximum atomic E-state index is 11.9. The molecule has 0 aromatic heterocycles. The predicted octanol–water partition coefficient (Wildman–Crippen LogP) is 3.23. The number of benzene rings is 1. The summed E-state index contributed by atoms with van der Waals surface area (Å²) in [5, 5.41) is 12.8. The first kappa shape index (κ1) is 16.2. The van der Waals surface area contributed by atoms with Crippen LogP contribution in [0, 0.1) is 5.92 Å². The molecule has 2 atom stereocenters. The zero-order valence-electron chi connectivity index (χ0n) is 10.9. The average molecular weight is 346 g/mol. The molecule has 21 heavy (non-hydrogen) atoms. The van der Waals surface area contributed by atoms with Gasteiger partial charge in [-0.1, -0.05) is 35.4 Å². The number of carbonyl (C=O) groups is 2. The highest BCUT2D eigenvalue weighted by molar-refractivity contribution is 8.00. The zero-order chi connectivity index (χ0) is 15.4. The molecule has 1 aromatic rings. The van der Waals surface area contributed by atoms with Gasteiger partial charge < -0.3 is 10.4 Å². The van der Waals surface area contributed by atoms with Crippen LogP contribution >= 0.6 is 35.0 Å². The summed E-state index contributed by atoms with van der Waals surface area (Å²) < 4.78 is 0. The third kappa shape index (κ3) is 4.66. The van der Waals surface area contributed by atoms with E-state index in [1.54, 1.807) is 30.4 Å². The maximum Gasteiger partial charge on any atom is 0.310 e. The van der Waals surface area contributed by atoms with Gasteiger partial charge in [0.05, 0.1) is 16.7 Å². The molecule has 2 unspecified atom stereocenters. The number of carbonyl (C=O) groups excluding carboxylic acids is 1. The number of carboxylic acid groups (broad SMARTS) is 1. The Morgan fingerprint density at radius 2 is 2.10 bits per heavy atom. The van der Waals surface area contributed by atoms with Crippen molar-refractivity contribution < 1.29 is 14.7 Å². The molecule has 7 heteroatoms. The van der Waals surface area contributed by atoms with Gasteiger partial charge in [-0.3, -0.25) is 9.59 Å². The molecule has 0 spiro atoms. The summed E-state index contributed by atoms with van der Waals surface area (Å²) in [7, 11) is 0. The Bertz CT molecular complexity index is 592. The van der Waals surface area contributed by atoms with Gasteiger partial charge in [0.1, 0.15) is 0 Å². The molecule has 2 N–H and O–H groups in total. The number of nitrogens with one attached hydrogen (secondary N) is 1. The van der Waals surface area contributed by atoms with Crippen LogP contribution in [0.1, 0.15) is 6.42 Å². The van der Waals surface area contributed by atoms with E-state index < -0.39 is 11.9 Å². The fourth-order valence-electron chi connectivity index (χ4n) is 1.97. The fraction of sp³-hybridized carbons (Fsp3) is 0.286. The Morgan fingerprint density at radius 3 is 2.76 bits per heavy atom. The van der Waals surface area contributed by atoms with Crippen LogP contribution in [0.15, 0.2) is 35.2 Å². The second kappa shape index (κ2) is 7.20. The van der Waals surface area contributed by atoms with Crippen molar-refractivity contribution in [2.75, 3.05) is 5.75 Å². The van der Waals surface area contributed by atoms with Crippen LogP contribution in [0.3, 0.4) is 0 Å². The van der Waals surface area contributed by atoms with E-state index in [0.717, 1.165) is 4.90 Å². The van der Waals surface area contributed by atoms with Gasteiger partial charge in [-0.15, -0.1) is 11.8 Å². The summed E-state index contributed by atoms with van der Waals surface area (Å²) >= 11 is 13.2. The Hall–Kier alpha value is -1.17. The van der Waals surface area contributed by atoms with Crippen LogP contribution in [-0.4, -0.2) is 28.8 Å². The number of aliphatic carboxylic acids is 1. The monoisotopic (exact) mass is 345 g/mol. The molecular weight excluding hydrogens is 333 g/mol. The second-order valence-electron chi connectivity index (χ2n) is 4.60. The summed E-state index contributed by atoms with van der Waals surface area (Å²) in [6, 6.07) is 4.84. The third-order valence-corrected chi connectivity index (χ3v) is 4.73. The highest BCUT2D eigenvalue weighted by Crippen LogP contribution is 2.29. The zero-order valence-corrected chi connectivity index (χ0v) is 13.2. The van der Waals surface area contributed by atoms with Crippen LogP contribution < -0.4 is 5.32 Å². The van der Waals surface area contributed by atoms with E-state index in [-0.39, 0.29) is 17.7 Å². The molecule has 4 nitrogen and oxygen atoms in total. The quantitative estimate of drug-likeness (QED) is 0.635. The first-order valence-corrected chi connectivity index (χ1v) is 7.98. The molecule has 1 aliphatic rings. The highest BCUT2D eigenvalue weighted by atomic mass is 35.5. The average Bonchev–Trinajstić information content (AvgIpc) is 2.88. The van der Waals surface area contributed by atoms with E-state index in [9.17, 15) is 9.59 Å². The Kier molecular flexibility index (Phi) is 5.56. The number of hydrogen-bond donors (Lipinski definition) is 2. The number of halogens is 2. The molecule has 1 aromatic carbocycles. The number of rotatable bonds is 5. The highest BCUT2D eigenvalue weighted by Gasteiger charge is 2.25. The van der Waals surface area contributed by atoms with Crippen LogP contribution in [0.4, 0.5) is 0 Å². The summed E-state index contributed by atoms with van der Waals surface area (Å²) in [6.45, 7) is 0. The van der Waals surface area contributed by atoms with Crippen LogP contribution in [0.5, 0.6) is 0 Å². The Labute approximate surface area is 136 Å². The van der Waals surface area contributed by atoms with Crippen molar-refractivity contribution in [1.29, 1.82) is 0 Å². The fourth-order valence-corrected chi connectivity index (χ4v) is 3.27. The second-order valence-corrected chi connectivity index (χ2v) is 6.46. The molecular formula is C14H13Cl2NO3S. The van der Waals surface area contributed by atoms with E-state index in [2.05, 4.69) is 5.32 Å². The molecule has 0 bridgehead atoms. The molecule has 2 rings (SSSR count). The van der Waals surface area contributed by atoms with E-state index in [1.807, 2.05) is 0 Å². The Balaban J connectivity index is 1.82. The summed E-state index contributed by atoms with van der Waals surface area (Å²) in [6.07, 6.45) is 3.71.